The van der Waals surface area contributed by atoms with E-state index in [-0.39, 0.29) is 57.1 Å². The van der Waals surface area contributed by atoms with Crippen molar-refractivity contribution in [1.82, 2.24) is 0 Å². The third-order valence-corrected chi connectivity index (χ3v) is 2.28. The fourth-order valence-corrected chi connectivity index (χ4v) is 1.34. The standard InChI is InChI=1S/C7H7FO4S.K/c1-12-5-2-3-7(6(8)4-5)13(9,10)11;/h2-4H,1H3,(H,9,10,11);/q;+1/p-1. The van der Waals surface area contributed by atoms with Crippen LogP contribution in [0, 0.1) is 5.82 Å². The minimum atomic E-state index is -4.74. The molecule has 72 valence electrons. The summed E-state index contributed by atoms with van der Waals surface area (Å²) in [5.41, 5.74) is 0. The molecule has 0 fully saturated rings. The van der Waals surface area contributed by atoms with Crippen LogP contribution in [-0.4, -0.2) is 20.1 Å². The molecule has 1 rings (SSSR count). The topological polar surface area (TPSA) is 66.4 Å². The van der Waals surface area contributed by atoms with Gasteiger partial charge in [-0.05, 0) is 12.1 Å². The number of halogens is 1. The molecule has 0 aliphatic rings. The van der Waals surface area contributed by atoms with Crippen LogP contribution in [0.5, 0.6) is 5.75 Å². The van der Waals surface area contributed by atoms with Gasteiger partial charge in [0.15, 0.2) is 0 Å². The Balaban J connectivity index is 0.00000169. The van der Waals surface area contributed by atoms with E-state index in [1.165, 1.54) is 13.2 Å². The Labute approximate surface area is 124 Å². The maximum absolute atomic E-state index is 12.9. The molecule has 0 bridgehead atoms. The summed E-state index contributed by atoms with van der Waals surface area (Å²) >= 11 is 0. The molecule has 0 amide bonds. The molecule has 14 heavy (non-hydrogen) atoms. The van der Waals surface area contributed by atoms with Crippen LogP contribution in [0.4, 0.5) is 4.39 Å². The zero-order valence-corrected chi connectivity index (χ0v) is 11.6. The van der Waals surface area contributed by atoms with Crippen molar-refractivity contribution in [2.24, 2.45) is 0 Å². The Hall–Kier alpha value is 0.496. The average molecular weight is 244 g/mol. The van der Waals surface area contributed by atoms with E-state index in [0.29, 0.717) is 0 Å². The maximum atomic E-state index is 12.9. The van der Waals surface area contributed by atoms with Gasteiger partial charge < -0.3 is 9.29 Å². The summed E-state index contributed by atoms with van der Waals surface area (Å²) in [6.45, 7) is 0. The smallest absolute Gasteiger partial charge is 0.744 e. The Morgan fingerprint density at radius 1 is 1.43 bits per heavy atom. The predicted octanol–water partition coefficient (Wildman–Crippen LogP) is -2.26. The van der Waals surface area contributed by atoms with Crippen LogP contribution in [-0.2, 0) is 10.1 Å². The minimum absolute atomic E-state index is 0. The second-order valence-electron chi connectivity index (χ2n) is 2.25. The third kappa shape index (κ3) is 3.57. The summed E-state index contributed by atoms with van der Waals surface area (Å²) in [6, 6.07) is 2.91. The number of rotatable bonds is 2. The SMILES string of the molecule is COc1ccc(S(=O)(=O)[O-])c(F)c1.[K+]. The minimum Gasteiger partial charge on any atom is -0.744 e. The quantitative estimate of drug-likeness (QED) is 0.435. The van der Waals surface area contributed by atoms with E-state index >= 15 is 0 Å². The molecule has 0 spiro atoms. The summed E-state index contributed by atoms with van der Waals surface area (Å²) < 4.78 is 48.8. The molecule has 0 unspecified atom stereocenters. The van der Waals surface area contributed by atoms with E-state index < -0.39 is 20.8 Å². The van der Waals surface area contributed by atoms with E-state index in [1.54, 1.807) is 0 Å². The number of hydrogen-bond acceptors (Lipinski definition) is 4. The first-order chi connectivity index (χ1) is 5.95. The molecule has 0 aliphatic carbocycles. The van der Waals surface area contributed by atoms with Gasteiger partial charge in [0, 0.05) is 6.07 Å². The van der Waals surface area contributed by atoms with E-state index in [9.17, 15) is 17.4 Å². The summed E-state index contributed by atoms with van der Waals surface area (Å²) in [5.74, 6) is -0.945. The second kappa shape index (κ2) is 5.54. The molecule has 7 heteroatoms. The van der Waals surface area contributed by atoms with Gasteiger partial charge in [-0.2, -0.15) is 0 Å². The van der Waals surface area contributed by atoms with Crippen LogP contribution >= 0.6 is 0 Å². The number of ether oxygens (including phenoxy) is 1. The molecule has 0 saturated carbocycles. The van der Waals surface area contributed by atoms with Crippen LogP contribution in [0.25, 0.3) is 0 Å². The molecule has 0 atom stereocenters. The Morgan fingerprint density at radius 2 is 2.00 bits per heavy atom. The molecule has 0 aromatic heterocycles. The van der Waals surface area contributed by atoms with Crippen molar-refractivity contribution in [2.45, 2.75) is 4.90 Å². The molecule has 1 aromatic carbocycles. The van der Waals surface area contributed by atoms with Crippen LogP contribution in [0.3, 0.4) is 0 Å². The summed E-state index contributed by atoms with van der Waals surface area (Å²) in [4.78, 5) is -0.867. The molecule has 0 N–H and O–H groups in total. The number of hydrogen-bond donors (Lipinski definition) is 0. The maximum Gasteiger partial charge on any atom is 1.00 e. The fraction of sp³-hybridized carbons (Fsp3) is 0.143. The van der Waals surface area contributed by atoms with Gasteiger partial charge in [0.05, 0.1) is 12.0 Å². The molecule has 1 aromatic rings. The van der Waals surface area contributed by atoms with E-state index in [2.05, 4.69) is 4.74 Å². The van der Waals surface area contributed by atoms with Crippen molar-refractivity contribution in [3.63, 3.8) is 0 Å². The van der Waals surface area contributed by atoms with Crippen molar-refractivity contribution in [3.05, 3.63) is 24.0 Å². The van der Waals surface area contributed by atoms with Crippen LogP contribution in [0.1, 0.15) is 0 Å². The van der Waals surface area contributed by atoms with Gasteiger partial charge in [-0.15, -0.1) is 0 Å². The second-order valence-corrected chi connectivity index (χ2v) is 3.60. The zero-order valence-electron chi connectivity index (χ0n) is 7.65. The van der Waals surface area contributed by atoms with Crippen molar-refractivity contribution >= 4 is 10.1 Å². The van der Waals surface area contributed by atoms with Gasteiger partial charge in [-0.25, -0.2) is 12.8 Å². The molecule has 0 heterocycles. The monoisotopic (exact) mass is 244 g/mol. The Bertz CT molecular complexity index is 418. The first-order valence-electron chi connectivity index (χ1n) is 3.24. The van der Waals surface area contributed by atoms with Gasteiger partial charge >= 0.3 is 51.4 Å². The molecular weight excluding hydrogens is 238 g/mol. The summed E-state index contributed by atoms with van der Waals surface area (Å²) in [6.07, 6.45) is 0. The van der Waals surface area contributed by atoms with Crippen molar-refractivity contribution in [1.29, 1.82) is 0 Å². The van der Waals surface area contributed by atoms with Crippen molar-refractivity contribution < 1.29 is 73.5 Å². The van der Waals surface area contributed by atoms with Gasteiger partial charge in [0.1, 0.15) is 21.7 Å². The van der Waals surface area contributed by atoms with Gasteiger partial charge in [-0.1, -0.05) is 0 Å². The number of benzene rings is 1. The van der Waals surface area contributed by atoms with E-state index in [0.717, 1.165) is 12.1 Å². The molecule has 0 radical (unpaired) electrons. The van der Waals surface area contributed by atoms with Crippen LogP contribution < -0.4 is 56.1 Å². The van der Waals surface area contributed by atoms with Crippen molar-refractivity contribution in [3.8, 4) is 5.75 Å². The van der Waals surface area contributed by atoms with Gasteiger partial charge in [0.25, 0.3) is 0 Å². The first-order valence-corrected chi connectivity index (χ1v) is 4.65. The van der Waals surface area contributed by atoms with E-state index in [4.69, 9.17) is 0 Å². The first kappa shape index (κ1) is 14.5. The summed E-state index contributed by atoms with van der Waals surface area (Å²) in [7, 11) is -3.43. The fourth-order valence-electron chi connectivity index (χ4n) is 0.811. The van der Waals surface area contributed by atoms with E-state index in [1.807, 2.05) is 0 Å². The molecule has 0 saturated heterocycles. The molecule has 4 nitrogen and oxygen atoms in total. The Kier molecular flexibility index (Phi) is 5.74. The van der Waals surface area contributed by atoms with Gasteiger partial charge in [-0.3, -0.25) is 0 Å². The van der Waals surface area contributed by atoms with Gasteiger partial charge in [0.2, 0.25) is 0 Å². The molecular formula is C7H6FKO4S. The molecule has 0 aliphatic heterocycles. The predicted molar refractivity (Wildman–Crippen MR) is 40.9 cm³/mol. The normalized spacial score (nSPS) is 10.5. The van der Waals surface area contributed by atoms with Crippen LogP contribution in [0.15, 0.2) is 23.1 Å². The van der Waals surface area contributed by atoms with Crippen LogP contribution in [0.2, 0.25) is 0 Å². The zero-order chi connectivity index (χ0) is 10.1. The Morgan fingerprint density at radius 3 is 2.36 bits per heavy atom. The average Bonchev–Trinajstić information content (AvgIpc) is 2.01. The third-order valence-electron chi connectivity index (χ3n) is 1.41. The van der Waals surface area contributed by atoms with Crippen molar-refractivity contribution in [2.75, 3.05) is 7.11 Å². The summed E-state index contributed by atoms with van der Waals surface area (Å²) in [5, 5.41) is 0. The number of methoxy groups -OCH3 is 1. The largest absolute Gasteiger partial charge is 1.00 e.